The van der Waals surface area contributed by atoms with Gasteiger partial charge in [-0.05, 0) is 29.3 Å². The van der Waals surface area contributed by atoms with Crippen molar-refractivity contribution in [3.8, 4) is 0 Å². The molecule has 1 aromatic heterocycles. The van der Waals surface area contributed by atoms with Crippen LogP contribution in [0.25, 0.3) is 0 Å². The van der Waals surface area contributed by atoms with E-state index in [2.05, 4.69) is 15.9 Å². The molecule has 1 heterocycles. The maximum absolute atomic E-state index is 11.7. The van der Waals surface area contributed by atoms with Crippen molar-refractivity contribution in [3.63, 3.8) is 0 Å². The minimum atomic E-state index is 0.176. The predicted octanol–water partition coefficient (Wildman–Crippen LogP) is 2.53. The summed E-state index contributed by atoms with van der Waals surface area (Å²) in [6, 6.07) is 2.25. The molecule has 1 aromatic rings. The van der Waals surface area contributed by atoms with E-state index in [-0.39, 0.29) is 11.9 Å². The standard InChI is InChI=1S/C10H14BrNOS/c1-8(6-11)12(2)10(13)5-9-3-4-14-7-9/h3-4,7-8H,5-6H2,1-2H3. The van der Waals surface area contributed by atoms with E-state index in [9.17, 15) is 4.79 Å². The van der Waals surface area contributed by atoms with Crippen LogP contribution in [0.2, 0.25) is 0 Å². The van der Waals surface area contributed by atoms with Gasteiger partial charge in [0, 0.05) is 18.4 Å². The van der Waals surface area contributed by atoms with E-state index < -0.39 is 0 Å². The second-order valence-electron chi connectivity index (χ2n) is 3.32. The van der Waals surface area contributed by atoms with E-state index in [0.717, 1.165) is 10.9 Å². The Hall–Kier alpha value is -0.350. The van der Waals surface area contributed by atoms with Gasteiger partial charge in [0.1, 0.15) is 0 Å². The van der Waals surface area contributed by atoms with Gasteiger partial charge in [0.15, 0.2) is 0 Å². The van der Waals surface area contributed by atoms with E-state index >= 15 is 0 Å². The van der Waals surface area contributed by atoms with Crippen molar-refractivity contribution >= 4 is 33.2 Å². The number of hydrogen-bond acceptors (Lipinski definition) is 2. The molecule has 14 heavy (non-hydrogen) atoms. The summed E-state index contributed by atoms with van der Waals surface area (Å²) >= 11 is 5.00. The molecule has 0 aliphatic heterocycles. The molecule has 1 unspecified atom stereocenters. The normalized spacial score (nSPS) is 12.5. The molecule has 0 aliphatic rings. The number of rotatable bonds is 4. The van der Waals surface area contributed by atoms with Crippen LogP contribution in [0, 0.1) is 0 Å². The molecule has 4 heteroatoms. The van der Waals surface area contributed by atoms with Gasteiger partial charge in [-0.1, -0.05) is 15.9 Å². The first kappa shape index (κ1) is 11.7. The fourth-order valence-electron chi connectivity index (χ4n) is 1.04. The largest absolute Gasteiger partial charge is 0.342 e. The van der Waals surface area contributed by atoms with Crippen molar-refractivity contribution in [1.82, 2.24) is 4.90 Å². The minimum absolute atomic E-state index is 0.176. The Balaban J connectivity index is 2.50. The number of carbonyl (C=O) groups excluding carboxylic acids is 1. The van der Waals surface area contributed by atoms with Crippen molar-refractivity contribution in [2.45, 2.75) is 19.4 Å². The van der Waals surface area contributed by atoms with Crippen LogP contribution in [0.4, 0.5) is 0 Å². The molecule has 0 aromatic carbocycles. The van der Waals surface area contributed by atoms with Gasteiger partial charge in [-0.3, -0.25) is 4.79 Å². The van der Waals surface area contributed by atoms with Gasteiger partial charge in [-0.25, -0.2) is 0 Å². The van der Waals surface area contributed by atoms with Crippen LogP contribution < -0.4 is 0 Å². The molecule has 0 aliphatic carbocycles. The monoisotopic (exact) mass is 275 g/mol. The topological polar surface area (TPSA) is 20.3 Å². The number of carbonyl (C=O) groups is 1. The van der Waals surface area contributed by atoms with Gasteiger partial charge in [0.2, 0.25) is 5.91 Å². The molecular weight excluding hydrogens is 262 g/mol. The van der Waals surface area contributed by atoms with Crippen LogP contribution in [0.15, 0.2) is 16.8 Å². The summed E-state index contributed by atoms with van der Waals surface area (Å²) in [7, 11) is 1.85. The van der Waals surface area contributed by atoms with Crippen LogP contribution in [0.1, 0.15) is 12.5 Å². The van der Waals surface area contributed by atoms with Gasteiger partial charge in [-0.15, -0.1) is 0 Å². The van der Waals surface area contributed by atoms with Gasteiger partial charge in [-0.2, -0.15) is 11.3 Å². The lowest BCUT2D eigenvalue weighted by atomic mass is 10.2. The molecule has 0 saturated carbocycles. The van der Waals surface area contributed by atoms with E-state index in [0.29, 0.717) is 6.42 Å². The highest BCUT2D eigenvalue weighted by atomic mass is 79.9. The summed E-state index contributed by atoms with van der Waals surface area (Å²) in [6.07, 6.45) is 0.511. The number of alkyl halides is 1. The van der Waals surface area contributed by atoms with Crippen LogP contribution in [0.3, 0.4) is 0 Å². The highest BCUT2D eigenvalue weighted by Gasteiger charge is 2.14. The van der Waals surface area contributed by atoms with Crippen molar-refractivity contribution < 1.29 is 4.79 Å². The van der Waals surface area contributed by atoms with Crippen LogP contribution in [-0.4, -0.2) is 29.2 Å². The molecular formula is C10H14BrNOS. The molecule has 0 saturated heterocycles. The number of amides is 1. The van der Waals surface area contributed by atoms with E-state index in [1.54, 1.807) is 16.2 Å². The molecule has 0 N–H and O–H groups in total. The maximum atomic E-state index is 11.7. The number of nitrogens with zero attached hydrogens (tertiary/aromatic N) is 1. The second-order valence-corrected chi connectivity index (χ2v) is 4.74. The van der Waals surface area contributed by atoms with Crippen LogP contribution in [-0.2, 0) is 11.2 Å². The number of thiophene rings is 1. The molecule has 0 bridgehead atoms. The molecule has 1 rings (SSSR count). The Morgan fingerprint density at radius 2 is 2.43 bits per heavy atom. The smallest absolute Gasteiger partial charge is 0.227 e. The van der Waals surface area contributed by atoms with E-state index in [1.165, 1.54) is 0 Å². The third-order valence-corrected chi connectivity index (χ3v) is 3.88. The van der Waals surface area contributed by atoms with Gasteiger partial charge in [0.25, 0.3) is 0 Å². The van der Waals surface area contributed by atoms with Crippen molar-refractivity contribution in [3.05, 3.63) is 22.4 Å². The molecule has 0 radical (unpaired) electrons. The molecule has 0 spiro atoms. The molecule has 78 valence electrons. The van der Waals surface area contributed by atoms with E-state index in [4.69, 9.17) is 0 Å². The summed E-state index contributed by atoms with van der Waals surface area (Å²) in [5.41, 5.74) is 1.11. The Morgan fingerprint density at radius 1 is 1.71 bits per heavy atom. The van der Waals surface area contributed by atoms with Crippen molar-refractivity contribution in [1.29, 1.82) is 0 Å². The maximum Gasteiger partial charge on any atom is 0.227 e. The summed E-state index contributed by atoms with van der Waals surface area (Å²) in [5.74, 6) is 0.176. The van der Waals surface area contributed by atoms with Crippen molar-refractivity contribution in [2.24, 2.45) is 0 Å². The number of likely N-dealkylation sites (N-methyl/N-ethyl adjacent to an activating group) is 1. The van der Waals surface area contributed by atoms with Crippen molar-refractivity contribution in [2.75, 3.05) is 12.4 Å². The zero-order valence-corrected chi connectivity index (χ0v) is 10.8. The molecule has 2 nitrogen and oxygen atoms in total. The molecule has 1 atom stereocenters. The zero-order valence-electron chi connectivity index (χ0n) is 8.37. The Bertz CT molecular complexity index is 286. The Kier molecular flexibility index (Phi) is 4.62. The highest BCUT2D eigenvalue weighted by Crippen LogP contribution is 2.09. The average Bonchev–Trinajstić information content (AvgIpc) is 2.68. The zero-order chi connectivity index (χ0) is 10.6. The second kappa shape index (κ2) is 5.51. The number of halogens is 1. The summed E-state index contributed by atoms with van der Waals surface area (Å²) in [5, 5.41) is 4.83. The Labute approximate surface area is 97.1 Å². The van der Waals surface area contributed by atoms with Gasteiger partial charge in [0.05, 0.1) is 6.42 Å². The van der Waals surface area contributed by atoms with E-state index in [1.807, 2.05) is 30.8 Å². The predicted molar refractivity (Wildman–Crippen MR) is 64.0 cm³/mol. The van der Waals surface area contributed by atoms with Crippen LogP contribution >= 0.6 is 27.3 Å². The lowest BCUT2D eigenvalue weighted by Gasteiger charge is -2.22. The highest BCUT2D eigenvalue weighted by molar-refractivity contribution is 9.09. The summed E-state index contributed by atoms with van der Waals surface area (Å²) in [6.45, 7) is 2.03. The minimum Gasteiger partial charge on any atom is -0.342 e. The molecule has 0 fully saturated rings. The number of hydrogen-bond donors (Lipinski definition) is 0. The lowest BCUT2D eigenvalue weighted by Crippen LogP contribution is -2.36. The first-order chi connectivity index (χ1) is 6.65. The quantitative estimate of drug-likeness (QED) is 0.774. The third-order valence-electron chi connectivity index (χ3n) is 2.21. The first-order valence-corrected chi connectivity index (χ1v) is 6.54. The van der Waals surface area contributed by atoms with Gasteiger partial charge >= 0.3 is 0 Å². The third kappa shape index (κ3) is 3.10. The average molecular weight is 276 g/mol. The molecule has 1 amide bonds. The fraction of sp³-hybridized carbons (Fsp3) is 0.500. The SMILES string of the molecule is CC(CBr)N(C)C(=O)Cc1ccsc1. The lowest BCUT2D eigenvalue weighted by molar-refractivity contribution is -0.130. The fourth-order valence-corrected chi connectivity index (χ4v) is 2.14. The van der Waals surface area contributed by atoms with Gasteiger partial charge < -0.3 is 4.90 Å². The summed E-state index contributed by atoms with van der Waals surface area (Å²) in [4.78, 5) is 13.5. The Morgan fingerprint density at radius 3 is 2.93 bits per heavy atom. The summed E-state index contributed by atoms with van der Waals surface area (Å²) < 4.78 is 0. The van der Waals surface area contributed by atoms with Crippen LogP contribution in [0.5, 0.6) is 0 Å². The first-order valence-electron chi connectivity index (χ1n) is 4.48.